The van der Waals surface area contributed by atoms with Crippen molar-refractivity contribution in [2.75, 3.05) is 6.54 Å². The van der Waals surface area contributed by atoms with Gasteiger partial charge in [-0.15, -0.1) is 5.10 Å². The maximum Gasteiger partial charge on any atom is 0.0799 e. The Bertz CT molecular complexity index is 512. The number of hydrogen-bond acceptors (Lipinski definition) is 4. The van der Waals surface area contributed by atoms with Crippen LogP contribution in [0.2, 0.25) is 0 Å². The Labute approximate surface area is 107 Å². The predicted molar refractivity (Wildman–Crippen MR) is 69.1 cm³/mol. The zero-order chi connectivity index (χ0) is 13.1. The van der Waals surface area contributed by atoms with Crippen LogP contribution in [0.3, 0.4) is 0 Å². The molecule has 1 atom stereocenters. The van der Waals surface area contributed by atoms with Gasteiger partial charge in [0.25, 0.3) is 0 Å². The lowest BCUT2D eigenvalue weighted by molar-refractivity contribution is 0.548. The normalized spacial score (nSPS) is 12.9. The fourth-order valence-electron chi connectivity index (χ4n) is 2.12. The van der Waals surface area contributed by atoms with E-state index in [9.17, 15) is 0 Å². The Balaban J connectivity index is 2.37. The average molecular weight is 248 g/mol. The first kappa shape index (κ1) is 12.8. The third-order valence-corrected chi connectivity index (χ3v) is 3.01. The van der Waals surface area contributed by atoms with E-state index in [2.05, 4.69) is 33.8 Å². The van der Waals surface area contributed by atoms with Gasteiger partial charge in [0.05, 0.1) is 23.6 Å². The lowest BCUT2D eigenvalue weighted by atomic mass is 10.1. The summed E-state index contributed by atoms with van der Waals surface area (Å²) in [5.41, 5.74) is 3.27. The molecule has 2 aromatic rings. The average Bonchev–Trinajstić information content (AvgIpc) is 2.87. The third-order valence-electron chi connectivity index (χ3n) is 3.01. The van der Waals surface area contributed by atoms with Gasteiger partial charge in [-0.3, -0.25) is 9.36 Å². The number of nitrogens with zero attached hydrogens (tertiary/aromatic N) is 5. The summed E-state index contributed by atoms with van der Waals surface area (Å²) < 4.78 is 3.65. The van der Waals surface area contributed by atoms with E-state index < -0.39 is 0 Å². The van der Waals surface area contributed by atoms with Gasteiger partial charge >= 0.3 is 0 Å². The zero-order valence-electron chi connectivity index (χ0n) is 11.4. The summed E-state index contributed by atoms with van der Waals surface area (Å²) in [6, 6.07) is 0.0960. The van der Waals surface area contributed by atoms with Crippen molar-refractivity contribution in [2.24, 2.45) is 14.1 Å². The van der Waals surface area contributed by atoms with Crippen LogP contribution in [0.25, 0.3) is 0 Å². The Morgan fingerprint density at radius 1 is 1.39 bits per heavy atom. The van der Waals surface area contributed by atoms with Crippen molar-refractivity contribution in [1.82, 2.24) is 30.1 Å². The van der Waals surface area contributed by atoms with Gasteiger partial charge in [-0.1, -0.05) is 12.1 Å². The van der Waals surface area contributed by atoms with Crippen LogP contribution in [0, 0.1) is 6.92 Å². The predicted octanol–water partition coefficient (Wildman–Crippen LogP) is 0.946. The molecule has 0 saturated carbocycles. The van der Waals surface area contributed by atoms with Crippen LogP contribution in [-0.4, -0.2) is 31.3 Å². The standard InChI is InChI=1S/C12H20N6/c1-5-6-13-12(11-7-14-16-18(11)4)10-8-17(3)15-9(10)2/h7-8,12-13H,5-6H2,1-4H3. The molecule has 0 aliphatic rings. The van der Waals surface area contributed by atoms with Crippen molar-refractivity contribution in [1.29, 1.82) is 0 Å². The van der Waals surface area contributed by atoms with Gasteiger partial charge in [0.15, 0.2) is 0 Å². The molecule has 1 unspecified atom stereocenters. The Kier molecular flexibility index (Phi) is 3.76. The fourth-order valence-corrected chi connectivity index (χ4v) is 2.12. The lowest BCUT2D eigenvalue weighted by Gasteiger charge is -2.17. The molecule has 0 aliphatic carbocycles. The first-order chi connectivity index (χ1) is 8.63. The summed E-state index contributed by atoms with van der Waals surface area (Å²) in [4.78, 5) is 0. The van der Waals surface area contributed by atoms with E-state index in [-0.39, 0.29) is 6.04 Å². The summed E-state index contributed by atoms with van der Waals surface area (Å²) in [5.74, 6) is 0. The molecule has 2 rings (SSSR count). The van der Waals surface area contributed by atoms with Gasteiger partial charge in [0.1, 0.15) is 0 Å². The monoisotopic (exact) mass is 248 g/mol. The summed E-state index contributed by atoms with van der Waals surface area (Å²) >= 11 is 0. The fraction of sp³-hybridized carbons (Fsp3) is 0.583. The molecule has 0 spiro atoms. The SMILES string of the molecule is CCCNC(c1cn(C)nc1C)c1cnnn1C. The number of aromatic nitrogens is 5. The number of nitrogens with one attached hydrogen (secondary N) is 1. The van der Waals surface area contributed by atoms with Crippen LogP contribution in [-0.2, 0) is 14.1 Å². The molecular weight excluding hydrogens is 228 g/mol. The Morgan fingerprint density at radius 2 is 2.17 bits per heavy atom. The Morgan fingerprint density at radius 3 is 2.67 bits per heavy atom. The molecule has 0 amide bonds. The van der Waals surface area contributed by atoms with E-state index in [0.717, 1.165) is 24.4 Å². The van der Waals surface area contributed by atoms with E-state index in [4.69, 9.17) is 0 Å². The van der Waals surface area contributed by atoms with Crippen LogP contribution < -0.4 is 5.32 Å². The molecule has 18 heavy (non-hydrogen) atoms. The molecule has 2 aromatic heterocycles. The first-order valence-electron chi connectivity index (χ1n) is 6.21. The van der Waals surface area contributed by atoms with Crippen molar-refractivity contribution in [3.63, 3.8) is 0 Å². The molecule has 0 fully saturated rings. The smallest absolute Gasteiger partial charge is 0.0799 e. The molecule has 1 N–H and O–H groups in total. The van der Waals surface area contributed by atoms with Crippen LogP contribution >= 0.6 is 0 Å². The highest BCUT2D eigenvalue weighted by atomic mass is 15.4. The zero-order valence-corrected chi connectivity index (χ0v) is 11.4. The molecule has 0 aliphatic heterocycles. The maximum atomic E-state index is 4.41. The van der Waals surface area contributed by atoms with Gasteiger partial charge < -0.3 is 5.32 Å². The molecule has 0 bridgehead atoms. The quantitative estimate of drug-likeness (QED) is 0.855. The van der Waals surface area contributed by atoms with E-state index in [1.165, 1.54) is 5.56 Å². The molecule has 0 saturated heterocycles. The topological polar surface area (TPSA) is 60.6 Å². The minimum atomic E-state index is 0.0960. The van der Waals surface area contributed by atoms with Crippen LogP contribution in [0.4, 0.5) is 0 Å². The number of rotatable bonds is 5. The van der Waals surface area contributed by atoms with Gasteiger partial charge in [0.2, 0.25) is 0 Å². The second kappa shape index (κ2) is 5.30. The summed E-state index contributed by atoms with van der Waals surface area (Å²) in [7, 11) is 3.85. The third kappa shape index (κ3) is 2.43. The van der Waals surface area contributed by atoms with Gasteiger partial charge in [-0.25, -0.2) is 0 Å². The molecule has 98 valence electrons. The minimum absolute atomic E-state index is 0.0960. The second-order valence-electron chi connectivity index (χ2n) is 4.51. The van der Waals surface area contributed by atoms with E-state index in [1.54, 1.807) is 10.9 Å². The van der Waals surface area contributed by atoms with E-state index in [0.29, 0.717) is 0 Å². The first-order valence-corrected chi connectivity index (χ1v) is 6.21. The van der Waals surface area contributed by atoms with Crippen molar-refractivity contribution in [2.45, 2.75) is 26.3 Å². The molecule has 0 radical (unpaired) electrons. The van der Waals surface area contributed by atoms with Crippen LogP contribution in [0.15, 0.2) is 12.4 Å². The van der Waals surface area contributed by atoms with E-state index >= 15 is 0 Å². The molecule has 6 nitrogen and oxygen atoms in total. The molecule has 2 heterocycles. The summed E-state index contributed by atoms with van der Waals surface area (Å²) in [6.07, 6.45) is 4.94. The second-order valence-corrected chi connectivity index (χ2v) is 4.51. The molecule has 0 aromatic carbocycles. The van der Waals surface area contributed by atoms with Crippen molar-refractivity contribution < 1.29 is 0 Å². The van der Waals surface area contributed by atoms with Crippen molar-refractivity contribution >= 4 is 0 Å². The van der Waals surface area contributed by atoms with Gasteiger partial charge in [-0.2, -0.15) is 5.10 Å². The number of hydrogen-bond donors (Lipinski definition) is 1. The maximum absolute atomic E-state index is 4.41. The molecule has 6 heteroatoms. The highest BCUT2D eigenvalue weighted by Crippen LogP contribution is 2.23. The molecular formula is C12H20N6. The van der Waals surface area contributed by atoms with Gasteiger partial charge in [-0.05, 0) is 19.9 Å². The summed E-state index contributed by atoms with van der Waals surface area (Å²) in [5, 5.41) is 15.9. The Hall–Kier alpha value is -1.69. The highest BCUT2D eigenvalue weighted by Gasteiger charge is 2.21. The lowest BCUT2D eigenvalue weighted by Crippen LogP contribution is -2.25. The van der Waals surface area contributed by atoms with E-state index in [1.807, 2.05) is 25.7 Å². The van der Waals surface area contributed by atoms with Crippen molar-refractivity contribution in [3.05, 3.63) is 29.3 Å². The largest absolute Gasteiger partial charge is 0.305 e. The van der Waals surface area contributed by atoms with Crippen molar-refractivity contribution in [3.8, 4) is 0 Å². The highest BCUT2D eigenvalue weighted by molar-refractivity contribution is 5.27. The van der Waals surface area contributed by atoms with Crippen LogP contribution in [0.1, 0.15) is 36.3 Å². The summed E-state index contributed by atoms with van der Waals surface area (Å²) in [6.45, 7) is 5.13. The van der Waals surface area contributed by atoms with Crippen LogP contribution in [0.5, 0.6) is 0 Å². The number of aryl methyl sites for hydroxylation is 3. The minimum Gasteiger partial charge on any atom is -0.305 e. The van der Waals surface area contributed by atoms with Gasteiger partial charge in [0, 0.05) is 25.9 Å².